The highest BCUT2D eigenvalue weighted by Crippen LogP contribution is 1.87. The zero-order valence-corrected chi connectivity index (χ0v) is 5.22. The van der Waals surface area contributed by atoms with E-state index in [1.54, 1.807) is 0 Å². The largest absolute Gasteiger partial charge is 0.127 e. The zero-order chi connectivity index (χ0) is 4.12. The monoisotopic (exact) mass is 159 g/mol. The van der Waals surface area contributed by atoms with E-state index < -0.39 is 0 Å². The van der Waals surface area contributed by atoms with Crippen molar-refractivity contribution in [2.24, 2.45) is 0 Å². The van der Waals surface area contributed by atoms with E-state index in [0.717, 1.165) is 17.6 Å². The molecule has 0 aliphatic carbocycles. The maximum atomic E-state index is 5.27. The van der Waals surface area contributed by atoms with Crippen LogP contribution in [-0.4, -0.2) is 11.2 Å². The van der Waals surface area contributed by atoms with Crippen molar-refractivity contribution in [2.45, 2.75) is 6.42 Å². The maximum absolute atomic E-state index is 5.27. The number of alkyl halides is 2. The van der Waals surface area contributed by atoms with Gasteiger partial charge in [0.25, 0.3) is 0 Å². The molecule has 0 unspecified atom stereocenters. The standard InChI is InChI=1S/C3H6BrCl/c4-2-1-3-5/h1-3H2/i1+1,2+1,3+1. The van der Waals surface area contributed by atoms with Gasteiger partial charge in [0.1, 0.15) is 0 Å². The van der Waals surface area contributed by atoms with Crippen molar-refractivity contribution in [3.63, 3.8) is 0 Å². The molecule has 0 aromatic rings. The topological polar surface area (TPSA) is 0 Å². The molecule has 0 bridgehead atoms. The van der Waals surface area contributed by atoms with E-state index in [1.807, 2.05) is 0 Å². The third-order valence-electron chi connectivity index (χ3n) is 0.267. The van der Waals surface area contributed by atoms with E-state index in [2.05, 4.69) is 15.9 Å². The lowest BCUT2D eigenvalue weighted by atomic mass is 11.6. The van der Waals surface area contributed by atoms with Gasteiger partial charge in [-0.15, -0.1) is 11.6 Å². The van der Waals surface area contributed by atoms with E-state index in [-0.39, 0.29) is 0 Å². The van der Waals surface area contributed by atoms with Crippen LogP contribution in [0.1, 0.15) is 6.42 Å². The van der Waals surface area contributed by atoms with E-state index in [1.165, 1.54) is 0 Å². The highest BCUT2D eigenvalue weighted by Gasteiger charge is 1.71. The molecule has 5 heavy (non-hydrogen) atoms. The lowest BCUT2D eigenvalue weighted by Crippen LogP contribution is -1.70. The van der Waals surface area contributed by atoms with Gasteiger partial charge in [0.2, 0.25) is 0 Å². The van der Waals surface area contributed by atoms with Crippen LogP contribution in [-0.2, 0) is 0 Å². The summed E-state index contributed by atoms with van der Waals surface area (Å²) in [6, 6.07) is 0. The Bertz CT molecular complexity index is 14.4. The van der Waals surface area contributed by atoms with Crippen molar-refractivity contribution in [1.29, 1.82) is 0 Å². The van der Waals surface area contributed by atoms with Gasteiger partial charge >= 0.3 is 0 Å². The summed E-state index contributed by atoms with van der Waals surface area (Å²) in [7, 11) is 0. The van der Waals surface area contributed by atoms with Gasteiger partial charge in [-0.05, 0) is 6.42 Å². The quantitative estimate of drug-likeness (QED) is 0.428. The zero-order valence-electron chi connectivity index (χ0n) is 2.88. The summed E-state index contributed by atoms with van der Waals surface area (Å²) in [6.07, 6.45) is 1.07. The Morgan fingerprint density at radius 2 is 2.20 bits per heavy atom. The predicted octanol–water partition coefficient (Wildman–Crippen LogP) is 2.01. The van der Waals surface area contributed by atoms with Crippen LogP contribution < -0.4 is 0 Å². The fourth-order valence-electron chi connectivity index (χ4n) is 0.0505. The van der Waals surface area contributed by atoms with Gasteiger partial charge in [0.15, 0.2) is 0 Å². The smallest absolute Gasteiger partial charge is 0.0231 e. The van der Waals surface area contributed by atoms with Gasteiger partial charge < -0.3 is 0 Å². The van der Waals surface area contributed by atoms with Crippen molar-refractivity contribution in [3.05, 3.63) is 0 Å². The Morgan fingerprint density at radius 3 is 2.20 bits per heavy atom. The summed E-state index contributed by atoms with van der Waals surface area (Å²) in [5.41, 5.74) is 0. The molecule has 0 amide bonds. The third-order valence-corrected chi connectivity index (χ3v) is 1.10. The molecule has 0 spiro atoms. The van der Waals surface area contributed by atoms with Gasteiger partial charge in [0.05, 0.1) is 0 Å². The number of hydrogen-bond acceptors (Lipinski definition) is 0. The fraction of sp³-hybridized carbons (Fsp3) is 1.00. The second kappa shape index (κ2) is 4.77. The van der Waals surface area contributed by atoms with Crippen LogP contribution in [0, 0.1) is 0 Å². The first-order valence-electron chi connectivity index (χ1n) is 1.53. The second-order valence-corrected chi connectivity index (χ2v) is 1.90. The molecule has 0 radical (unpaired) electrons. The van der Waals surface area contributed by atoms with Crippen LogP contribution >= 0.6 is 27.5 Å². The summed E-state index contributed by atoms with van der Waals surface area (Å²) < 4.78 is 0. The number of halogens is 2. The maximum Gasteiger partial charge on any atom is 0.0231 e. The lowest BCUT2D eigenvalue weighted by molar-refractivity contribution is 1.13. The molecule has 0 fully saturated rings. The first-order chi connectivity index (χ1) is 2.41. The molecule has 0 rings (SSSR count). The minimum Gasteiger partial charge on any atom is -0.127 e. The Hall–Kier alpha value is 0.770. The molecular formula is C3H6BrCl. The van der Waals surface area contributed by atoms with Crippen molar-refractivity contribution in [1.82, 2.24) is 0 Å². The summed E-state index contributed by atoms with van der Waals surface area (Å²) in [5, 5.41) is 1.02. The first kappa shape index (κ1) is 5.77. The van der Waals surface area contributed by atoms with Crippen LogP contribution in [0.3, 0.4) is 0 Å². The number of hydrogen-bond donors (Lipinski definition) is 0. The van der Waals surface area contributed by atoms with Crippen molar-refractivity contribution in [2.75, 3.05) is 11.2 Å². The fourth-order valence-corrected chi connectivity index (χ4v) is 0.787. The molecule has 2 heteroatoms. The Balaban J connectivity index is 2.19. The van der Waals surface area contributed by atoms with Crippen LogP contribution in [0.15, 0.2) is 0 Å². The van der Waals surface area contributed by atoms with Crippen LogP contribution in [0.5, 0.6) is 0 Å². The Morgan fingerprint density at radius 1 is 1.60 bits per heavy atom. The Kier molecular flexibility index (Phi) is 5.50. The molecule has 0 aromatic carbocycles. The summed E-state index contributed by atoms with van der Waals surface area (Å²) >= 11 is 8.50. The van der Waals surface area contributed by atoms with Gasteiger partial charge in [-0.3, -0.25) is 0 Å². The molecule has 0 aliphatic rings. The molecule has 0 saturated carbocycles. The normalized spacial score (nSPS) is 8.40. The number of rotatable bonds is 2. The van der Waals surface area contributed by atoms with Gasteiger partial charge in [0, 0.05) is 11.2 Å². The minimum absolute atomic E-state index is 0.769. The third kappa shape index (κ3) is 4.77. The van der Waals surface area contributed by atoms with E-state index in [0.29, 0.717) is 0 Å². The van der Waals surface area contributed by atoms with Gasteiger partial charge in [-0.25, -0.2) is 0 Å². The van der Waals surface area contributed by atoms with Crippen LogP contribution in [0.25, 0.3) is 0 Å². The summed E-state index contributed by atoms with van der Waals surface area (Å²) in [6.45, 7) is 0. The molecule has 0 aromatic heterocycles. The van der Waals surface area contributed by atoms with Crippen LogP contribution in [0.2, 0.25) is 0 Å². The molecule has 32 valence electrons. The summed E-state index contributed by atoms with van der Waals surface area (Å²) in [5.74, 6) is 0.769. The SMILES string of the molecule is Cl[13CH2][13CH2][13CH2]Br. The molecule has 0 atom stereocenters. The lowest BCUT2D eigenvalue weighted by Gasteiger charge is -1.75. The van der Waals surface area contributed by atoms with E-state index in [9.17, 15) is 0 Å². The van der Waals surface area contributed by atoms with E-state index in [4.69, 9.17) is 11.6 Å². The Labute approximate surface area is 45.6 Å². The first-order valence-corrected chi connectivity index (χ1v) is 3.19. The van der Waals surface area contributed by atoms with Crippen molar-refractivity contribution >= 4 is 27.5 Å². The van der Waals surface area contributed by atoms with Crippen molar-refractivity contribution in [3.8, 4) is 0 Å². The summed E-state index contributed by atoms with van der Waals surface area (Å²) in [4.78, 5) is 0. The molecular weight excluding hydrogens is 154 g/mol. The average Bonchev–Trinajstić information content (AvgIpc) is 1.41. The minimum atomic E-state index is 0.769. The van der Waals surface area contributed by atoms with E-state index >= 15 is 0 Å². The van der Waals surface area contributed by atoms with Crippen LogP contribution in [0.4, 0.5) is 0 Å². The molecule has 0 saturated heterocycles. The highest BCUT2D eigenvalue weighted by atomic mass is 79.9. The molecule has 0 N–H and O–H groups in total. The average molecular weight is 160 g/mol. The van der Waals surface area contributed by atoms with Crippen molar-refractivity contribution < 1.29 is 0 Å². The highest BCUT2D eigenvalue weighted by molar-refractivity contribution is 9.09. The molecule has 0 heterocycles. The van der Waals surface area contributed by atoms with Gasteiger partial charge in [-0.1, -0.05) is 15.9 Å². The predicted molar refractivity (Wildman–Crippen MR) is 29.1 cm³/mol. The van der Waals surface area contributed by atoms with Gasteiger partial charge in [-0.2, -0.15) is 0 Å². The second-order valence-electron chi connectivity index (χ2n) is 0.732. The molecule has 0 nitrogen and oxygen atoms in total. The molecule has 0 aliphatic heterocycles.